The van der Waals surface area contributed by atoms with Crippen LogP contribution in [-0.2, 0) is 0 Å². The summed E-state index contributed by atoms with van der Waals surface area (Å²) >= 11 is 9.61. The van der Waals surface area contributed by atoms with Crippen molar-refractivity contribution in [3.8, 4) is 0 Å². The van der Waals surface area contributed by atoms with Crippen molar-refractivity contribution in [1.29, 1.82) is 0 Å². The summed E-state index contributed by atoms with van der Waals surface area (Å²) in [4.78, 5) is 4.87. The van der Waals surface area contributed by atoms with Gasteiger partial charge in [0.2, 0.25) is 0 Å². The van der Waals surface area contributed by atoms with Crippen molar-refractivity contribution >= 4 is 27.5 Å². The van der Waals surface area contributed by atoms with Crippen LogP contribution in [0.5, 0.6) is 0 Å². The summed E-state index contributed by atoms with van der Waals surface area (Å²) < 4.78 is 1.04. The Balaban J connectivity index is 1.98. The second-order valence-corrected chi connectivity index (χ2v) is 6.74. The first kappa shape index (κ1) is 16.2. The van der Waals surface area contributed by atoms with E-state index in [4.69, 9.17) is 17.3 Å². The van der Waals surface area contributed by atoms with E-state index >= 15 is 0 Å². The molecule has 1 fully saturated rings. The molecule has 2 rings (SSSR count). The number of likely N-dealkylation sites (tertiary alicyclic amines) is 1. The molecule has 1 aliphatic heterocycles. The summed E-state index contributed by atoms with van der Waals surface area (Å²) in [5.41, 5.74) is 7.20. The zero-order valence-electron chi connectivity index (χ0n) is 12.0. The molecule has 112 valence electrons. The highest BCUT2D eigenvalue weighted by molar-refractivity contribution is 9.10. The Morgan fingerprint density at radius 1 is 1.40 bits per heavy atom. The van der Waals surface area contributed by atoms with Gasteiger partial charge in [0.05, 0.1) is 0 Å². The van der Waals surface area contributed by atoms with Gasteiger partial charge in [-0.1, -0.05) is 33.6 Å². The largest absolute Gasteiger partial charge is 0.329 e. The van der Waals surface area contributed by atoms with Gasteiger partial charge in [0, 0.05) is 35.2 Å². The molecule has 0 aromatic heterocycles. The average molecular weight is 361 g/mol. The van der Waals surface area contributed by atoms with E-state index in [0.717, 1.165) is 22.6 Å². The number of nitrogens with two attached hydrogens (primary N) is 1. The standard InChI is InChI=1S/C15H23BrClN3/c1-19(8-9-20-6-2-3-7-20)15(11-18)13-5-4-12(17)10-14(13)16/h4-5,10,15H,2-3,6-9,11,18H2,1H3. The molecular weight excluding hydrogens is 338 g/mol. The van der Waals surface area contributed by atoms with Crippen LogP contribution in [0.1, 0.15) is 24.4 Å². The van der Waals surface area contributed by atoms with Crippen molar-refractivity contribution in [3.05, 3.63) is 33.3 Å². The van der Waals surface area contributed by atoms with Crippen LogP contribution in [0.25, 0.3) is 0 Å². The quantitative estimate of drug-likeness (QED) is 0.846. The molecule has 0 bridgehead atoms. The number of halogens is 2. The summed E-state index contributed by atoms with van der Waals surface area (Å²) in [6, 6.07) is 6.16. The van der Waals surface area contributed by atoms with Crippen LogP contribution in [0.15, 0.2) is 22.7 Å². The monoisotopic (exact) mass is 359 g/mol. The third-order valence-corrected chi connectivity index (χ3v) is 4.97. The molecule has 1 unspecified atom stereocenters. The van der Waals surface area contributed by atoms with E-state index in [1.807, 2.05) is 12.1 Å². The van der Waals surface area contributed by atoms with E-state index in [1.165, 1.54) is 31.5 Å². The number of likely N-dealkylation sites (N-methyl/N-ethyl adjacent to an activating group) is 1. The summed E-state index contributed by atoms with van der Waals surface area (Å²) in [5, 5.41) is 0.746. The normalized spacial score (nSPS) is 17.9. The molecular formula is C15H23BrClN3. The average Bonchev–Trinajstić information content (AvgIpc) is 2.93. The zero-order chi connectivity index (χ0) is 14.5. The van der Waals surface area contributed by atoms with Crippen LogP contribution < -0.4 is 5.73 Å². The van der Waals surface area contributed by atoms with Crippen molar-refractivity contribution in [2.75, 3.05) is 39.8 Å². The van der Waals surface area contributed by atoms with E-state index in [9.17, 15) is 0 Å². The molecule has 0 saturated carbocycles. The van der Waals surface area contributed by atoms with Gasteiger partial charge in [-0.3, -0.25) is 4.90 Å². The lowest BCUT2D eigenvalue weighted by Crippen LogP contribution is -2.36. The Labute approximate surface area is 135 Å². The Morgan fingerprint density at radius 3 is 2.70 bits per heavy atom. The van der Waals surface area contributed by atoms with Gasteiger partial charge in [-0.15, -0.1) is 0 Å². The minimum atomic E-state index is 0.226. The maximum Gasteiger partial charge on any atom is 0.0479 e. The second-order valence-electron chi connectivity index (χ2n) is 5.45. The Bertz CT molecular complexity index is 435. The maximum atomic E-state index is 6.01. The number of hydrogen-bond donors (Lipinski definition) is 1. The number of nitrogens with zero attached hydrogens (tertiary/aromatic N) is 2. The van der Waals surface area contributed by atoms with Crippen molar-refractivity contribution in [2.45, 2.75) is 18.9 Å². The molecule has 1 atom stereocenters. The van der Waals surface area contributed by atoms with Crippen LogP contribution in [0.4, 0.5) is 0 Å². The summed E-state index contributed by atoms with van der Waals surface area (Å²) in [7, 11) is 2.15. The third-order valence-electron chi connectivity index (χ3n) is 4.04. The zero-order valence-corrected chi connectivity index (χ0v) is 14.3. The molecule has 1 saturated heterocycles. The lowest BCUT2D eigenvalue weighted by atomic mass is 10.1. The lowest BCUT2D eigenvalue weighted by Gasteiger charge is -2.29. The Hall–Kier alpha value is -0.130. The fourth-order valence-corrected chi connectivity index (χ4v) is 3.72. The van der Waals surface area contributed by atoms with Gasteiger partial charge in [-0.2, -0.15) is 0 Å². The smallest absolute Gasteiger partial charge is 0.0479 e. The van der Waals surface area contributed by atoms with E-state index in [0.29, 0.717) is 6.54 Å². The first-order chi connectivity index (χ1) is 9.61. The van der Waals surface area contributed by atoms with Crippen LogP contribution in [0, 0.1) is 0 Å². The van der Waals surface area contributed by atoms with Gasteiger partial charge >= 0.3 is 0 Å². The number of rotatable bonds is 6. The number of hydrogen-bond acceptors (Lipinski definition) is 3. The summed E-state index contributed by atoms with van der Waals surface area (Å²) in [6.07, 6.45) is 2.68. The Morgan fingerprint density at radius 2 is 2.10 bits per heavy atom. The minimum absolute atomic E-state index is 0.226. The Kier molecular flexibility index (Phi) is 6.30. The molecule has 1 aromatic carbocycles. The highest BCUT2D eigenvalue weighted by atomic mass is 79.9. The molecule has 1 heterocycles. The van der Waals surface area contributed by atoms with Gasteiger partial charge in [0.25, 0.3) is 0 Å². The van der Waals surface area contributed by atoms with Crippen LogP contribution in [0.3, 0.4) is 0 Å². The molecule has 1 aliphatic rings. The molecule has 0 aliphatic carbocycles. The first-order valence-corrected chi connectivity index (χ1v) is 8.36. The fraction of sp³-hybridized carbons (Fsp3) is 0.600. The molecule has 5 heteroatoms. The molecule has 1 aromatic rings. The molecule has 0 spiro atoms. The van der Waals surface area contributed by atoms with E-state index in [1.54, 1.807) is 0 Å². The minimum Gasteiger partial charge on any atom is -0.329 e. The van der Waals surface area contributed by atoms with E-state index in [-0.39, 0.29) is 6.04 Å². The van der Waals surface area contributed by atoms with E-state index in [2.05, 4.69) is 38.8 Å². The summed E-state index contributed by atoms with van der Waals surface area (Å²) in [6.45, 7) is 5.25. The topological polar surface area (TPSA) is 32.5 Å². The summed E-state index contributed by atoms with van der Waals surface area (Å²) in [5.74, 6) is 0. The van der Waals surface area contributed by atoms with E-state index < -0.39 is 0 Å². The molecule has 20 heavy (non-hydrogen) atoms. The van der Waals surface area contributed by atoms with Crippen LogP contribution in [0.2, 0.25) is 5.02 Å². The van der Waals surface area contributed by atoms with Crippen LogP contribution >= 0.6 is 27.5 Å². The molecule has 3 nitrogen and oxygen atoms in total. The van der Waals surface area contributed by atoms with Crippen molar-refractivity contribution in [1.82, 2.24) is 9.80 Å². The maximum absolute atomic E-state index is 6.01. The van der Waals surface area contributed by atoms with Gasteiger partial charge in [-0.05, 0) is 50.7 Å². The SMILES string of the molecule is CN(CCN1CCCC1)C(CN)c1ccc(Cl)cc1Br. The molecule has 0 amide bonds. The molecule has 0 radical (unpaired) electrons. The second kappa shape index (κ2) is 7.76. The third kappa shape index (κ3) is 4.18. The highest BCUT2D eigenvalue weighted by Gasteiger charge is 2.19. The van der Waals surface area contributed by atoms with Crippen molar-refractivity contribution in [2.24, 2.45) is 5.73 Å². The predicted molar refractivity (Wildman–Crippen MR) is 89.3 cm³/mol. The van der Waals surface area contributed by atoms with Crippen molar-refractivity contribution in [3.63, 3.8) is 0 Å². The fourth-order valence-electron chi connectivity index (χ4n) is 2.78. The van der Waals surface area contributed by atoms with Gasteiger partial charge in [0.15, 0.2) is 0 Å². The lowest BCUT2D eigenvalue weighted by molar-refractivity contribution is 0.209. The number of benzene rings is 1. The van der Waals surface area contributed by atoms with Gasteiger partial charge in [0.1, 0.15) is 0 Å². The van der Waals surface area contributed by atoms with Crippen molar-refractivity contribution < 1.29 is 0 Å². The first-order valence-electron chi connectivity index (χ1n) is 7.19. The predicted octanol–water partition coefficient (Wildman–Crippen LogP) is 3.13. The molecule has 2 N–H and O–H groups in total. The van der Waals surface area contributed by atoms with Gasteiger partial charge in [-0.25, -0.2) is 0 Å². The highest BCUT2D eigenvalue weighted by Crippen LogP contribution is 2.29. The van der Waals surface area contributed by atoms with Gasteiger partial charge < -0.3 is 10.6 Å². The van der Waals surface area contributed by atoms with Crippen LogP contribution in [-0.4, -0.2) is 49.6 Å².